The summed E-state index contributed by atoms with van der Waals surface area (Å²) in [5, 5.41) is 11.6. The molecule has 1 aromatic heterocycles. The molecule has 5 aromatic rings. The molecular weight excluding hydrogens is 480 g/mol. The average molecular weight is 480 g/mol. The van der Waals surface area contributed by atoms with Gasteiger partial charge in [0, 0.05) is 21.5 Å². The second kappa shape index (κ2) is 6.70. The van der Waals surface area contributed by atoms with E-state index in [1.54, 1.807) is 0 Å². The van der Waals surface area contributed by atoms with Gasteiger partial charge in [0.25, 0.3) is 0 Å². The standard InChI is InChI=1S/C20F8N4S/c21-9-3-5-6-4-8(12(24)16(28)14(26)10(4)22)18(32-2-30)20(6)33-19(5)17(31-1-29)7(3)11(23)15(27)13(9)25/b31-17-,32-18+. The molecule has 33 heavy (non-hydrogen) atoms. The minimum Gasteiger partial charge on any atom is -0.203 e. The maximum atomic E-state index is 14.8. The van der Waals surface area contributed by atoms with Gasteiger partial charge in [-0.1, -0.05) is 0 Å². The highest BCUT2D eigenvalue weighted by Crippen LogP contribution is 2.45. The summed E-state index contributed by atoms with van der Waals surface area (Å²) in [4.78, 5) is 6.64. The van der Waals surface area contributed by atoms with Gasteiger partial charge in [0.1, 0.15) is 10.7 Å². The summed E-state index contributed by atoms with van der Waals surface area (Å²) in [6, 6.07) is 0. The molecule has 4 nitrogen and oxygen atoms in total. The molecule has 0 amide bonds. The summed E-state index contributed by atoms with van der Waals surface area (Å²) in [6.07, 6.45) is 2.59. The predicted molar refractivity (Wildman–Crippen MR) is 98.7 cm³/mol. The molecule has 0 unspecified atom stereocenters. The molecule has 0 aliphatic carbocycles. The lowest BCUT2D eigenvalue weighted by molar-refractivity contribution is 0.418. The zero-order valence-electron chi connectivity index (χ0n) is 15.2. The number of halogens is 8. The predicted octanol–water partition coefficient (Wildman–Crippen LogP) is 5.11. The first-order valence-corrected chi connectivity index (χ1v) is 9.33. The van der Waals surface area contributed by atoms with Gasteiger partial charge in [-0.05, 0) is 0 Å². The van der Waals surface area contributed by atoms with Crippen LogP contribution in [0.3, 0.4) is 0 Å². The highest BCUT2D eigenvalue weighted by atomic mass is 32.1. The van der Waals surface area contributed by atoms with Gasteiger partial charge in [0.2, 0.25) is 12.4 Å². The SMILES string of the molecule is N#C/N=c1\c2sc3/c(=N/C#N)c4c(F)c(F)c(F)c(F)c4c3c2c2c(F)c(F)c(F)c(F)c12. The largest absolute Gasteiger partial charge is 0.206 e. The van der Waals surface area contributed by atoms with Gasteiger partial charge in [-0.2, -0.15) is 20.5 Å². The fraction of sp³-hybridized carbons (Fsp3) is 0. The van der Waals surface area contributed by atoms with Crippen molar-refractivity contribution in [1.82, 2.24) is 0 Å². The lowest BCUT2D eigenvalue weighted by atomic mass is 10.1. The Hall–Kier alpha value is -4.10. The van der Waals surface area contributed by atoms with Crippen LogP contribution >= 0.6 is 11.3 Å². The van der Waals surface area contributed by atoms with E-state index < -0.39 is 89.6 Å². The summed E-state index contributed by atoms with van der Waals surface area (Å²) in [6.45, 7) is 0. The summed E-state index contributed by atoms with van der Waals surface area (Å²) >= 11 is 0.458. The Kier molecular flexibility index (Phi) is 4.22. The van der Waals surface area contributed by atoms with E-state index in [2.05, 4.69) is 9.98 Å². The van der Waals surface area contributed by atoms with Crippen LogP contribution in [0.5, 0.6) is 0 Å². The maximum absolute atomic E-state index is 14.8. The van der Waals surface area contributed by atoms with Crippen LogP contribution in [0.25, 0.3) is 41.7 Å². The summed E-state index contributed by atoms with van der Waals surface area (Å²) in [5.74, 6) is -16.6. The molecule has 0 saturated carbocycles. The van der Waals surface area contributed by atoms with Gasteiger partial charge in [-0.25, -0.2) is 35.1 Å². The van der Waals surface area contributed by atoms with Crippen LogP contribution in [0.15, 0.2) is 9.98 Å². The monoisotopic (exact) mass is 480 g/mol. The Morgan fingerprint density at radius 2 is 0.758 bits per heavy atom. The van der Waals surface area contributed by atoms with Crippen LogP contribution in [0.4, 0.5) is 35.1 Å². The van der Waals surface area contributed by atoms with E-state index in [1.807, 2.05) is 0 Å². The minimum atomic E-state index is -2.24. The van der Waals surface area contributed by atoms with Gasteiger partial charge in [-0.3, -0.25) is 0 Å². The number of nitriles is 2. The maximum Gasteiger partial charge on any atom is 0.206 e. The molecule has 0 spiro atoms. The Labute approximate surface area is 178 Å². The van der Waals surface area contributed by atoms with E-state index in [1.165, 1.54) is 12.4 Å². The number of rotatable bonds is 0. The smallest absolute Gasteiger partial charge is 0.203 e. The molecule has 0 atom stereocenters. The Bertz CT molecular complexity index is 1790. The highest BCUT2D eigenvalue weighted by molar-refractivity contribution is 7.26. The van der Waals surface area contributed by atoms with Crippen molar-refractivity contribution in [2.24, 2.45) is 9.98 Å². The second-order valence-electron chi connectivity index (χ2n) is 6.64. The van der Waals surface area contributed by atoms with Crippen LogP contribution in [-0.4, -0.2) is 0 Å². The molecule has 0 aliphatic rings. The minimum absolute atomic E-state index is 0.305. The molecule has 0 fully saturated rings. The third kappa shape index (κ3) is 2.32. The molecule has 0 aliphatic heterocycles. The van der Waals surface area contributed by atoms with Crippen LogP contribution in [0.2, 0.25) is 0 Å². The van der Waals surface area contributed by atoms with E-state index in [-0.39, 0.29) is 9.40 Å². The lowest BCUT2D eigenvalue weighted by Crippen LogP contribution is -2.05. The number of hydrogen-bond acceptors (Lipinski definition) is 5. The van der Waals surface area contributed by atoms with Crippen molar-refractivity contribution in [1.29, 1.82) is 10.5 Å². The fourth-order valence-electron chi connectivity index (χ4n) is 3.96. The van der Waals surface area contributed by atoms with Gasteiger partial charge in [0.05, 0.1) is 20.2 Å². The van der Waals surface area contributed by atoms with Gasteiger partial charge in [0.15, 0.2) is 46.5 Å². The molecule has 4 aromatic carbocycles. The number of fused-ring (bicyclic) bond motifs is 7. The molecule has 5 rings (SSSR count). The van der Waals surface area contributed by atoms with Gasteiger partial charge in [-0.15, -0.1) is 11.3 Å². The molecule has 162 valence electrons. The van der Waals surface area contributed by atoms with E-state index >= 15 is 0 Å². The molecule has 0 bridgehead atoms. The van der Waals surface area contributed by atoms with Crippen molar-refractivity contribution in [2.75, 3.05) is 0 Å². The first kappa shape index (κ1) is 20.8. The quantitative estimate of drug-likeness (QED) is 0.134. The number of thiophene rings is 1. The lowest BCUT2D eigenvalue weighted by Gasteiger charge is -2.02. The van der Waals surface area contributed by atoms with Crippen molar-refractivity contribution < 1.29 is 35.1 Å². The molecule has 1 heterocycles. The number of nitrogens with zero attached hydrogens (tertiary/aromatic N) is 4. The fourth-order valence-corrected chi connectivity index (χ4v) is 5.26. The van der Waals surface area contributed by atoms with Crippen molar-refractivity contribution in [3.8, 4) is 12.4 Å². The van der Waals surface area contributed by atoms with E-state index in [0.29, 0.717) is 11.3 Å². The second-order valence-corrected chi connectivity index (χ2v) is 7.66. The van der Waals surface area contributed by atoms with Gasteiger partial charge >= 0.3 is 0 Å². The molecular formula is C20F8N4S. The Morgan fingerprint density at radius 1 is 0.455 bits per heavy atom. The van der Waals surface area contributed by atoms with Crippen LogP contribution in [-0.2, 0) is 0 Å². The third-order valence-corrected chi connectivity index (χ3v) is 6.37. The molecule has 0 radical (unpaired) electrons. The molecule has 13 heteroatoms. The third-order valence-electron chi connectivity index (χ3n) is 5.17. The van der Waals surface area contributed by atoms with E-state index in [0.717, 1.165) is 0 Å². The first-order valence-electron chi connectivity index (χ1n) is 8.51. The van der Waals surface area contributed by atoms with Crippen molar-refractivity contribution >= 4 is 53.1 Å². The average Bonchev–Trinajstić information content (AvgIpc) is 3.41. The summed E-state index contributed by atoms with van der Waals surface area (Å²) in [7, 11) is 0. The van der Waals surface area contributed by atoms with Crippen LogP contribution in [0.1, 0.15) is 0 Å². The first-order chi connectivity index (χ1) is 15.7. The van der Waals surface area contributed by atoms with Crippen molar-refractivity contribution in [3.63, 3.8) is 0 Å². The Balaban J connectivity index is 2.30. The topological polar surface area (TPSA) is 72.3 Å². The van der Waals surface area contributed by atoms with Crippen LogP contribution < -0.4 is 10.7 Å². The summed E-state index contributed by atoms with van der Waals surface area (Å²) in [5.41, 5.74) is 0. The van der Waals surface area contributed by atoms with E-state index in [9.17, 15) is 35.1 Å². The number of benzene rings is 2. The van der Waals surface area contributed by atoms with Crippen LogP contribution in [0, 0.1) is 69.4 Å². The van der Waals surface area contributed by atoms with Crippen molar-refractivity contribution in [2.45, 2.75) is 0 Å². The van der Waals surface area contributed by atoms with Gasteiger partial charge < -0.3 is 0 Å². The number of hydrogen-bond donors (Lipinski definition) is 0. The molecule has 0 N–H and O–H groups in total. The van der Waals surface area contributed by atoms with E-state index in [4.69, 9.17) is 10.5 Å². The highest BCUT2D eigenvalue weighted by Gasteiger charge is 2.32. The zero-order valence-corrected chi connectivity index (χ0v) is 16.0. The molecule has 0 saturated heterocycles. The zero-order chi connectivity index (χ0) is 23.9. The Morgan fingerprint density at radius 3 is 1.06 bits per heavy atom. The normalized spacial score (nSPS) is 13.2. The van der Waals surface area contributed by atoms with Crippen molar-refractivity contribution in [3.05, 3.63) is 57.3 Å². The summed E-state index contributed by atoms with van der Waals surface area (Å²) < 4.78 is 114.